The fourth-order valence-corrected chi connectivity index (χ4v) is 1.98. The second kappa shape index (κ2) is 5.15. The number of nitrogens with two attached hydrogens (primary N) is 1. The van der Waals surface area contributed by atoms with E-state index in [1.54, 1.807) is 4.68 Å². The molecule has 0 aliphatic rings. The molecule has 1 heterocycles. The van der Waals surface area contributed by atoms with Gasteiger partial charge in [-0.3, -0.25) is 4.68 Å². The molecule has 1 atom stereocenters. The van der Waals surface area contributed by atoms with Gasteiger partial charge in [-0.2, -0.15) is 5.10 Å². The van der Waals surface area contributed by atoms with Gasteiger partial charge in [-0.05, 0) is 37.0 Å². The van der Waals surface area contributed by atoms with E-state index in [2.05, 4.69) is 36.3 Å². The molecule has 3 heteroatoms. The molecule has 1 unspecified atom stereocenters. The molecule has 1 aromatic heterocycles. The highest BCUT2D eigenvalue weighted by atomic mass is 15.3. The summed E-state index contributed by atoms with van der Waals surface area (Å²) >= 11 is 0. The van der Waals surface area contributed by atoms with Crippen molar-refractivity contribution in [3.8, 4) is 0 Å². The average molecular weight is 229 g/mol. The molecule has 2 aromatic rings. The van der Waals surface area contributed by atoms with Crippen molar-refractivity contribution in [3.05, 3.63) is 53.3 Å². The molecule has 90 valence electrons. The number of nitrogens with zero attached hydrogens (tertiary/aromatic N) is 2. The van der Waals surface area contributed by atoms with Crippen LogP contribution in [0, 0.1) is 6.92 Å². The first-order valence-electron chi connectivity index (χ1n) is 5.96. The Morgan fingerprint density at radius 1 is 1.29 bits per heavy atom. The van der Waals surface area contributed by atoms with Crippen molar-refractivity contribution in [1.29, 1.82) is 0 Å². The second-order valence-electron chi connectivity index (χ2n) is 4.49. The van der Waals surface area contributed by atoms with E-state index in [9.17, 15) is 0 Å². The third-order valence-corrected chi connectivity index (χ3v) is 3.10. The average Bonchev–Trinajstić information content (AvgIpc) is 2.74. The summed E-state index contributed by atoms with van der Waals surface area (Å²) in [5.41, 5.74) is 9.81. The molecule has 0 saturated heterocycles. The zero-order valence-corrected chi connectivity index (χ0v) is 10.4. The molecule has 2 N–H and O–H groups in total. The summed E-state index contributed by atoms with van der Waals surface area (Å²) in [5.74, 6) is 0. The van der Waals surface area contributed by atoms with Gasteiger partial charge in [-0.15, -0.1) is 0 Å². The van der Waals surface area contributed by atoms with Crippen LogP contribution in [0.5, 0.6) is 0 Å². The standard InChI is InChI=1S/C14H19N3/c1-11-5-3-4-6-12(11)7-8-13(15)14-9-10-17(2)16-14/h3-6,9-10,13H,7-8,15H2,1-2H3. The summed E-state index contributed by atoms with van der Waals surface area (Å²) in [6.07, 6.45) is 3.87. The smallest absolute Gasteiger partial charge is 0.0791 e. The number of benzene rings is 1. The van der Waals surface area contributed by atoms with Gasteiger partial charge in [0.25, 0.3) is 0 Å². The van der Waals surface area contributed by atoms with E-state index in [0.29, 0.717) is 0 Å². The van der Waals surface area contributed by atoms with Crippen molar-refractivity contribution in [1.82, 2.24) is 9.78 Å². The first-order chi connectivity index (χ1) is 8.16. The second-order valence-corrected chi connectivity index (χ2v) is 4.49. The highest BCUT2D eigenvalue weighted by molar-refractivity contribution is 5.25. The van der Waals surface area contributed by atoms with E-state index < -0.39 is 0 Å². The Bertz CT molecular complexity index is 488. The predicted octanol–water partition coefficient (Wildman–Crippen LogP) is 2.36. The molecule has 0 fully saturated rings. The van der Waals surface area contributed by atoms with Crippen molar-refractivity contribution in [2.45, 2.75) is 25.8 Å². The molecular weight excluding hydrogens is 210 g/mol. The van der Waals surface area contributed by atoms with Crippen molar-refractivity contribution in [3.63, 3.8) is 0 Å². The Morgan fingerprint density at radius 3 is 2.71 bits per heavy atom. The monoisotopic (exact) mass is 229 g/mol. The Kier molecular flexibility index (Phi) is 3.59. The summed E-state index contributed by atoms with van der Waals surface area (Å²) < 4.78 is 1.79. The Balaban J connectivity index is 1.97. The summed E-state index contributed by atoms with van der Waals surface area (Å²) in [5, 5.41) is 4.34. The van der Waals surface area contributed by atoms with E-state index >= 15 is 0 Å². The van der Waals surface area contributed by atoms with Crippen LogP contribution in [0.1, 0.15) is 29.3 Å². The Morgan fingerprint density at radius 2 is 2.06 bits per heavy atom. The van der Waals surface area contributed by atoms with Crippen LogP contribution in [0.25, 0.3) is 0 Å². The number of aromatic nitrogens is 2. The number of aryl methyl sites for hydroxylation is 3. The molecular formula is C14H19N3. The van der Waals surface area contributed by atoms with Crippen LogP contribution in [-0.2, 0) is 13.5 Å². The van der Waals surface area contributed by atoms with E-state index in [1.165, 1.54) is 11.1 Å². The fourth-order valence-electron chi connectivity index (χ4n) is 1.98. The Labute approximate surface area is 102 Å². The summed E-state index contributed by atoms with van der Waals surface area (Å²) in [7, 11) is 1.91. The zero-order chi connectivity index (χ0) is 12.3. The highest BCUT2D eigenvalue weighted by Gasteiger charge is 2.09. The summed E-state index contributed by atoms with van der Waals surface area (Å²) in [6.45, 7) is 2.14. The van der Waals surface area contributed by atoms with Gasteiger partial charge < -0.3 is 5.73 Å². The maximum absolute atomic E-state index is 6.13. The first-order valence-corrected chi connectivity index (χ1v) is 5.96. The molecule has 2 rings (SSSR count). The quantitative estimate of drug-likeness (QED) is 0.874. The third-order valence-electron chi connectivity index (χ3n) is 3.10. The SMILES string of the molecule is Cc1ccccc1CCC(N)c1ccn(C)n1. The van der Waals surface area contributed by atoms with Gasteiger partial charge in [0.2, 0.25) is 0 Å². The maximum atomic E-state index is 6.13. The predicted molar refractivity (Wildman–Crippen MR) is 69.6 cm³/mol. The summed E-state index contributed by atoms with van der Waals surface area (Å²) in [4.78, 5) is 0. The molecule has 0 saturated carbocycles. The maximum Gasteiger partial charge on any atom is 0.0791 e. The van der Waals surface area contributed by atoms with Gasteiger partial charge in [-0.1, -0.05) is 24.3 Å². The van der Waals surface area contributed by atoms with Gasteiger partial charge in [-0.25, -0.2) is 0 Å². The van der Waals surface area contributed by atoms with Crippen LogP contribution >= 0.6 is 0 Å². The van der Waals surface area contributed by atoms with Gasteiger partial charge >= 0.3 is 0 Å². The molecule has 0 aliphatic heterocycles. The number of rotatable bonds is 4. The normalized spacial score (nSPS) is 12.6. The third kappa shape index (κ3) is 2.94. The minimum absolute atomic E-state index is 0.0239. The van der Waals surface area contributed by atoms with Crippen LogP contribution < -0.4 is 5.73 Å². The van der Waals surface area contributed by atoms with Crippen LogP contribution in [0.4, 0.5) is 0 Å². The topological polar surface area (TPSA) is 43.8 Å². The van der Waals surface area contributed by atoms with E-state index in [4.69, 9.17) is 5.73 Å². The summed E-state index contributed by atoms with van der Waals surface area (Å²) in [6, 6.07) is 10.5. The van der Waals surface area contributed by atoms with Crippen LogP contribution in [0.3, 0.4) is 0 Å². The molecule has 0 amide bonds. The number of hydrogen-bond donors (Lipinski definition) is 1. The molecule has 0 bridgehead atoms. The van der Waals surface area contributed by atoms with Gasteiger partial charge in [0.15, 0.2) is 0 Å². The van der Waals surface area contributed by atoms with Crippen LogP contribution in [0.15, 0.2) is 36.5 Å². The first kappa shape index (κ1) is 11.9. The van der Waals surface area contributed by atoms with E-state index in [-0.39, 0.29) is 6.04 Å². The lowest BCUT2D eigenvalue weighted by atomic mass is 10.0. The van der Waals surface area contributed by atoms with Crippen molar-refractivity contribution >= 4 is 0 Å². The largest absolute Gasteiger partial charge is 0.323 e. The molecule has 1 aromatic carbocycles. The lowest BCUT2D eigenvalue weighted by Crippen LogP contribution is -2.12. The van der Waals surface area contributed by atoms with Gasteiger partial charge in [0.05, 0.1) is 5.69 Å². The van der Waals surface area contributed by atoms with Gasteiger partial charge in [0.1, 0.15) is 0 Å². The molecule has 0 spiro atoms. The van der Waals surface area contributed by atoms with E-state index in [1.807, 2.05) is 19.3 Å². The van der Waals surface area contributed by atoms with Crippen molar-refractivity contribution in [2.24, 2.45) is 12.8 Å². The van der Waals surface area contributed by atoms with Crippen molar-refractivity contribution < 1.29 is 0 Å². The minimum Gasteiger partial charge on any atom is -0.323 e. The minimum atomic E-state index is 0.0239. The molecule has 0 aliphatic carbocycles. The van der Waals surface area contributed by atoms with Gasteiger partial charge in [0, 0.05) is 19.3 Å². The Hall–Kier alpha value is -1.61. The molecule has 0 radical (unpaired) electrons. The van der Waals surface area contributed by atoms with Crippen LogP contribution in [0.2, 0.25) is 0 Å². The molecule has 3 nitrogen and oxygen atoms in total. The zero-order valence-electron chi connectivity index (χ0n) is 10.4. The lowest BCUT2D eigenvalue weighted by Gasteiger charge is -2.10. The number of hydrogen-bond acceptors (Lipinski definition) is 2. The highest BCUT2D eigenvalue weighted by Crippen LogP contribution is 2.16. The molecule has 17 heavy (non-hydrogen) atoms. The fraction of sp³-hybridized carbons (Fsp3) is 0.357. The van der Waals surface area contributed by atoms with Crippen molar-refractivity contribution in [2.75, 3.05) is 0 Å². The van der Waals surface area contributed by atoms with E-state index in [0.717, 1.165) is 18.5 Å². The lowest BCUT2D eigenvalue weighted by molar-refractivity contribution is 0.612. The van der Waals surface area contributed by atoms with Crippen LogP contribution in [-0.4, -0.2) is 9.78 Å².